The summed E-state index contributed by atoms with van der Waals surface area (Å²) in [4.78, 5) is 18.4. The fourth-order valence-electron chi connectivity index (χ4n) is 2.65. The summed E-state index contributed by atoms with van der Waals surface area (Å²) in [5.41, 5.74) is 0.442. The Labute approximate surface area is 127 Å². The van der Waals surface area contributed by atoms with Gasteiger partial charge in [0.15, 0.2) is 6.61 Å². The Morgan fingerprint density at radius 2 is 2.27 bits per heavy atom. The number of halogens is 2. The molecular formula is C15H18F2N2O3. The molecule has 1 amide bonds. The molecule has 3 rings (SSSR count). The second kappa shape index (κ2) is 6.56. The second-order valence-electron chi connectivity index (χ2n) is 5.57. The summed E-state index contributed by atoms with van der Waals surface area (Å²) < 4.78 is 34.4. The number of carbonyl (C=O) groups is 1. The van der Waals surface area contributed by atoms with Crippen molar-refractivity contribution in [1.82, 2.24) is 9.88 Å². The van der Waals surface area contributed by atoms with Crippen LogP contribution in [0.2, 0.25) is 0 Å². The van der Waals surface area contributed by atoms with Gasteiger partial charge in [0, 0.05) is 18.8 Å². The Morgan fingerprint density at radius 1 is 1.45 bits per heavy atom. The highest BCUT2D eigenvalue weighted by Crippen LogP contribution is 2.37. The highest BCUT2D eigenvalue weighted by molar-refractivity contribution is 5.94. The molecule has 1 saturated carbocycles. The molecule has 0 spiro atoms. The maximum Gasteiger partial charge on any atom is 0.272 e. The van der Waals surface area contributed by atoms with Gasteiger partial charge >= 0.3 is 0 Å². The first-order chi connectivity index (χ1) is 10.6. The molecule has 5 nitrogen and oxygen atoms in total. The first-order valence-electron chi connectivity index (χ1n) is 7.41. The monoisotopic (exact) mass is 312 g/mol. The number of alkyl halides is 2. The van der Waals surface area contributed by atoms with Crippen molar-refractivity contribution in [2.24, 2.45) is 5.92 Å². The van der Waals surface area contributed by atoms with Crippen molar-refractivity contribution in [3.05, 3.63) is 23.9 Å². The molecule has 1 aromatic heterocycles. The largest absolute Gasteiger partial charge is 0.472 e. The number of nitrogens with zero attached hydrogens (tertiary/aromatic N) is 2. The van der Waals surface area contributed by atoms with Gasteiger partial charge in [-0.1, -0.05) is 0 Å². The van der Waals surface area contributed by atoms with Crippen molar-refractivity contribution in [1.29, 1.82) is 0 Å². The lowest BCUT2D eigenvalue weighted by Crippen LogP contribution is -2.49. The number of morpholine rings is 1. The normalized spacial score (nSPS) is 22.0. The molecule has 0 bridgehead atoms. The molecule has 7 heteroatoms. The summed E-state index contributed by atoms with van der Waals surface area (Å²) >= 11 is 0. The van der Waals surface area contributed by atoms with Gasteiger partial charge in [-0.25, -0.2) is 13.8 Å². The van der Waals surface area contributed by atoms with Gasteiger partial charge in [0.05, 0.1) is 24.8 Å². The van der Waals surface area contributed by atoms with Gasteiger partial charge in [-0.3, -0.25) is 4.79 Å². The van der Waals surface area contributed by atoms with E-state index < -0.39 is 13.0 Å². The van der Waals surface area contributed by atoms with Gasteiger partial charge in [0.25, 0.3) is 12.3 Å². The van der Waals surface area contributed by atoms with Crippen LogP contribution < -0.4 is 4.74 Å². The molecule has 1 saturated heterocycles. The van der Waals surface area contributed by atoms with Gasteiger partial charge in [-0.15, -0.1) is 0 Å². The summed E-state index contributed by atoms with van der Waals surface area (Å²) in [6, 6.07) is 3.15. The molecule has 2 aliphatic rings. The number of pyridine rings is 1. The molecule has 0 radical (unpaired) electrons. The van der Waals surface area contributed by atoms with Crippen molar-refractivity contribution in [3.8, 4) is 5.88 Å². The number of amides is 1. The number of hydrogen-bond donors (Lipinski definition) is 0. The van der Waals surface area contributed by atoms with Crippen molar-refractivity contribution >= 4 is 5.91 Å². The van der Waals surface area contributed by atoms with Crippen LogP contribution >= 0.6 is 0 Å². The van der Waals surface area contributed by atoms with Gasteiger partial charge in [0.1, 0.15) is 0 Å². The van der Waals surface area contributed by atoms with Gasteiger partial charge in [-0.05, 0) is 24.8 Å². The minimum absolute atomic E-state index is 0.0897. The van der Waals surface area contributed by atoms with E-state index >= 15 is 0 Å². The lowest BCUT2D eigenvalue weighted by molar-refractivity contribution is -0.00837. The van der Waals surface area contributed by atoms with E-state index in [-0.39, 0.29) is 17.8 Å². The van der Waals surface area contributed by atoms with Gasteiger partial charge in [0.2, 0.25) is 5.88 Å². The standard InChI is InChI=1S/C15H18F2N2O3/c16-13(17)9-22-14-4-3-11(7-18-14)15(20)19-5-6-21-8-12(19)10-1-2-10/h3-4,7,10,12-13H,1-2,5-6,8-9H2. The Balaban J connectivity index is 1.65. The molecule has 2 heterocycles. The second-order valence-corrected chi connectivity index (χ2v) is 5.57. The van der Waals surface area contributed by atoms with Crippen LogP contribution in [-0.2, 0) is 4.74 Å². The Morgan fingerprint density at radius 3 is 2.91 bits per heavy atom. The number of carbonyl (C=O) groups excluding carboxylic acids is 1. The molecule has 1 unspecified atom stereocenters. The fraction of sp³-hybridized carbons (Fsp3) is 0.600. The average Bonchev–Trinajstić information content (AvgIpc) is 3.37. The van der Waals surface area contributed by atoms with Crippen molar-refractivity contribution in [2.45, 2.75) is 25.3 Å². The molecule has 0 N–H and O–H groups in total. The van der Waals surface area contributed by atoms with E-state index in [1.165, 1.54) is 12.3 Å². The zero-order valence-corrected chi connectivity index (χ0v) is 12.1. The van der Waals surface area contributed by atoms with Crippen LogP contribution in [0.1, 0.15) is 23.2 Å². The molecule has 22 heavy (non-hydrogen) atoms. The zero-order chi connectivity index (χ0) is 15.5. The minimum atomic E-state index is -2.55. The van der Waals surface area contributed by atoms with E-state index in [2.05, 4.69) is 4.98 Å². The van der Waals surface area contributed by atoms with Crippen LogP contribution in [0.25, 0.3) is 0 Å². The third-order valence-corrected chi connectivity index (χ3v) is 3.93. The third kappa shape index (κ3) is 3.52. The van der Waals surface area contributed by atoms with Crippen LogP contribution in [0.15, 0.2) is 18.3 Å². The fourth-order valence-corrected chi connectivity index (χ4v) is 2.65. The van der Waals surface area contributed by atoms with E-state index in [1.54, 1.807) is 6.07 Å². The first kappa shape index (κ1) is 15.1. The van der Waals surface area contributed by atoms with Crippen LogP contribution in [-0.4, -0.2) is 54.6 Å². The van der Waals surface area contributed by atoms with Crippen LogP contribution in [0.3, 0.4) is 0 Å². The molecule has 1 aliphatic heterocycles. The molecular weight excluding hydrogens is 294 g/mol. The average molecular weight is 312 g/mol. The molecule has 2 fully saturated rings. The Hall–Kier alpha value is -1.76. The van der Waals surface area contributed by atoms with E-state index in [9.17, 15) is 13.6 Å². The van der Waals surface area contributed by atoms with E-state index in [1.807, 2.05) is 4.90 Å². The number of hydrogen-bond acceptors (Lipinski definition) is 4. The van der Waals surface area contributed by atoms with Gasteiger partial charge in [-0.2, -0.15) is 0 Å². The Bertz CT molecular complexity index is 520. The van der Waals surface area contributed by atoms with Crippen LogP contribution in [0.4, 0.5) is 8.78 Å². The summed E-state index contributed by atoms with van der Waals surface area (Å²) in [7, 11) is 0. The zero-order valence-electron chi connectivity index (χ0n) is 12.1. The summed E-state index contributed by atoms with van der Waals surface area (Å²) in [5, 5.41) is 0. The summed E-state index contributed by atoms with van der Waals surface area (Å²) in [5.74, 6) is 0.538. The predicted octanol–water partition coefficient (Wildman–Crippen LogP) is 1.98. The lowest BCUT2D eigenvalue weighted by Gasteiger charge is -2.35. The highest BCUT2D eigenvalue weighted by Gasteiger charge is 2.39. The third-order valence-electron chi connectivity index (χ3n) is 3.93. The first-order valence-corrected chi connectivity index (χ1v) is 7.41. The van der Waals surface area contributed by atoms with Crippen molar-refractivity contribution < 1.29 is 23.0 Å². The lowest BCUT2D eigenvalue weighted by atomic mass is 10.1. The minimum Gasteiger partial charge on any atom is -0.472 e. The SMILES string of the molecule is O=C(c1ccc(OCC(F)F)nc1)N1CCOCC1C1CC1. The smallest absolute Gasteiger partial charge is 0.272 e. The van der Waals surface area contributed by atoms with Crippen molar-refractivity contribution in [2.75, 3.05) is 26.4 Å². The van der Waals surface area contributed by atoms with Crippen LogP contribution in [0, 0.1) is 5.92 Å². The van der Waals surface area contributed by atoms with Crippen molar-refractivity contribution in [3.63, 3.8) is 0 Å². The predicted molar refractivity (Wildman–Crippen MR) is 74.1 cm³/mol. The van der Waals surface area contributed by atoms with E-state index in [0.29, 0.717) is 31.2 Å². The maximum atomic E-state index is 12.6. The molecule has 1 atom stereocenters. The molecule has 120 valence electrons. The number of rotatable bonds is 5. The molecule has 1 aromatic rings. The van der Waals surface area contributed by atoms with Gasteiger partial charge < -0.3 is 14.4 Å². The summed E-state index contributed by atoms with van der Waals surface area (Å²) in [6.45, 7) is 0.995. The molecule has 0 aromatic carbocycles. The summed E-state index contributed by atoms with van der Waals surface area (Å²) in [6.07, 6.45) is 1.10. The highest BCUT2D eigenvalue weighted by atomic mass is 19.3. The molecule has 1 aliphatic carbocycles. The maximum absolute atomic E-state index is 12.6. The number of aromatic nitrogens is 1. The van der Waals surface area contributed by atoms with Crippen LogP contribution in [0.5, 0.6) is 5.88 Å². The quantitative estimate of drug-likeness (QED) is 0.834. The number of ether oxygens (including phenoxy) is 2. The Kier molecular flexibility index (Phi) is 4.52. The van der Waals surface area contributed by atoms with E-state index in [0.717, 1.165) is 12.8 Å². The van der Waals surface area contributed by atoms with E-state index in [4.69, 9.17) is 9.47 Å². The topological polar surface area (TPSA) is 51.7 Å².